The molecular formula is C9H10FN3O. The Hall–Kier alpha value is -1.78. The number of benzene rings is 1. The number of nitrogen functional groups attached to an aromatic ring is 1. The molecule has 0 saturated heterocycles. The van der Waals surface area contributed by atoms with E-state index < -0.39 is 5.82 Å². The fourth-order valence-electron chi connectivity index (χ4n) is 1.48. The summed E-state index contributed by atoms with van der Waals surface area (Å²) in [6.45, 7) is 0. The zero-order valence-corrected chi connectivity index (χ0v) is 7.91. The molecule has 5 heteroatoms. The van der Waals surface area contributed by atoms with Gasteiger partial charge in [-0.1, -0.05) is 0 Å². The number of aromatic nitrogens is 2. The molecule has 2 rings (SSSR count). The lowest BCUT2D eigenvalue weighted by Crippen LogP contribution is -1.94. The van der Waals surface area contributed by atoms with Crippen LogP contribution in [0.3, 0.4) is 0 Å². The van der Waals surface area contributed by atoms with Crippen molar-refractivity contribution in [1.82, 2.24) is 9.78 Å². The van der Waals surface area contributed by atoms with Gasteiger partial charge in [-0.2, -0.15) is 5.10 Å². The Morgan fingerprint density at radius 2 is 2.29 bits per heavy atom. The van der Waals surface area contributed by atoms with Crippen LogP contribution in [0.15, 0.2) is 12.3 Å². The second-order valence-corrected chi connectivity index (χ2v) is 3.05. The molecule has 0 atom stereocenters. The number of fused-ring (bicyclic) bond motifs is 1. The van der Waals surface area contributed by atoms with Gasteiger partial charge in [-0.25, -0.2) is 4.39 Å². The van der Waals surface area contributed by atoms with Crippen LogP contribution in [-0.2, 0) is 7.05 Å². The van der Waals surface area contributed by atoms with Crippen LogP contribution in [0.4, 0.5) is 10.1 Å². The zero-order valence-electron chi connectivity index (χ0n) is 7.91. The third-order valence-corrected chi connectivity index (χ3v) is 2.05. The first-order valence-electron chi connectivity index (χ1n) is 4.09. The van der Waals surface area contributed by atoms with E-state index in [1.807, 2.05) is 0 Å². The minimum Gasteiger partial charge on any atom is -0.494 e. The standard InChI is InChI=1S/C9H10FN3O/c1-13-4-5-8(12-13)6(10)3-7(11)9(5)14-2/h3-4H,11H2,1-2H3. The molecule has 14 heavy (non-hydrogen) atoms. The third-order valence-electron chi connectivity index (χ3n) is 2.05. The van der Waals surface area contributed by atoms with Crippen molar-refractivity contribution in [3.05, 3.63) is 18.1 Å². The lowest BCUT2D eigenvalue weighted by molar-refractivity contribution is 0.421. The Labute approximate surface area is 80.1 Å². The third kappa shape index (κ3) is 1.09. The summed E-state index contributed by atoms with van der Waals surface area (Å²) in [5.74, 6) is 0.0356. The predicted molar refractivity (Wildman–Crippen MR) is 51.6 cm³/mol. The fourth-order valence-corrected chi connectivity index (χ4v) is 1.48. The Bertz CT molecular complexity index is 492. The van der Waals surface area contributed by atoms with E-state index in [1.54, 1.807) is 13.2 Å². The Kier molecular flexibility index (Phi) is 1.80. The van der Waals surface area contributed by atoms with Gasteiger partial charge < -0.3 is 10.5 Å². The highest BCUT2D eigenvalue weighted by atomic mass is 19.1. The number of nitrogens with two attached hydrogens (primary N) is 1. The molecule has 0 amide bonds. The van der Waals surface area contributed by atoms with Crippen molar-refractivity contribution in [3.63, 3.8) is 0 Å². The zero-order chi connectivity index (χ0) is 10.3. The van der Waals surface area contributed by atoms with Gasteiger partial charge in [-0.15, -0.1) is 0 Å². The Morgan fingerprint density at radius 1 is 1.57 bits per heavy atom. The second kappa shape index (κ2) is 2.87. The minimum absolute atomic E-state index is 0.276. The SMILES string of the molecule is COc1c(N)cc(F)c2nn(C)cc12. The number of nitrogens with zero attached hydrogens (tertiary/aromatic N) is 2. The number of methoxy groups -OCH3 is 1. The molecule has 0 fully saturated rings. The van der Waals surface area contributed by atoms with Crippen LogP contribution in [-0.4, -0.2) is 16.9 Å². The highest BCUT2D eigenvalue weighted by Crippen LogP contribution is 2.32. The summed E-state index contributed by atoms with van der Waals surface area (Å²) in [4.78, 5) is 0. The number of halogens is 1. The van der Waals surface area contributed by atoms with Gasteiger partial charge in [0.2, 0.25) is 0 Å². The van der Waals surface area contributed by atoms with Crippen molar-refractivity contribution >= 4 is 16.6 Å². The van der Waals surface area contributed by atoms with Crippen LogP contribution in [0.2, 0.25) is 0 Å². The normalized spacial score (nSPS) is 10.8. The topological polar surface area (TPSA) is 53.1 Å². The molecule has 1 aromatic carbocycles. The van der Waals surface area contributed by atoms with E-state index in [4.69, 9.17) is 10.5 Å². The smallest absolute Gasteiger partial charge is 0.153 e. The van der Waals surface area contributed by atoms with E-state index in [-0.39, 0.29) is 11.2 Å². The molecule has 0 bridgehead atoms. The van der Waals surface area contributed by atoms with Crippen LogP contribution >= 0.6 is 0 Å². The number of aryl methyl sites for hydroxylation is 1. The summed E-state index contributed by atoms with van der Waals surface area (Å²) < 4.78 is 20.0. The number of rotatable bonds is 1. The first kappa shape index (κ1) is 8.80. The molecule has 0 aliphatic carbocycles. The van der Waals surface area contributed by atoms with Crippen molar-refractivity contribution in [2.24, 2.45) is 7.05 Å². The Morgan fingerprint density at radius 3 is 2.93 bits per heavy atom. The highest BCUT2D eigenvalue weighted by Gasteiger charge is 2.13. The van der Waals surface area contributed by atoms with Gasteiger partial charge in [0.25, 0.3) is 0 Å². The molecule has 0 radical (unpaired) electrons. The maximum atomic E-state index is 13.4. The minimum atomic E-state index is -0.432. The first-order chi connectivity index (χ1) is 6.63. The second-order valence-electron chi connectivity index (χ2n) is 3.05. The van der Waals surface area contributed by atoms with Gasteiger partial charge in [0.05, 0.1) is 18.2 Å². The summed E-state index contributed by atoms with van der Waals surface area (Å²) in [7, 11) is 3.21. The van der Waals surface area contributed by atoms with Gasteiger partial charge in [-0.05, 0) is 0 Å². The number of anilines is 1. The van der Waals surface area contributed by atoms with E-state index in [9.17, 15) is 4.39 Å². The van der Waals surface area contributed by atoms with E-state index in [0.29, 0.717) is 11.1 Å². The molecule has 4 nitrogen and oxygen atoms in total. The lowest BCUT2D eigenvalue weighted by Gasteiger charge is -2.04. The molecule has 2 N–H and O–H groups in total. The van der Waals surface area contributed by atoms with Crippen molar-refractivity contribution in [2.45, 2.75) is 0 Å². The maximum Gasteiger partial charge on any atom is 0.153 e. The number of hydrogen-bond acceptors (Lipinski definition) is 3. The summed E-state index contributed by atoms with van der Waals surface area (Å²) in [5, 5.41) is 4.56. The monoisotopic (exact) mass is 195 g/mol. The van der Waals surface area contributed by atoms with Crippen molar-refractivity contribution in [3.8, 4) is 5.75 Å². The van der Waals surface area contributed by atoms with Gasteiger partial charge in [-0.3, -0.25) is 4.68 Å². The van der Waals surface area contributed by atoms with Gasteiger partial charge >= 0.3 is 0 Å². The molecule has 0 aliphatic rings. The van der Waals surface area contributed by atoms with Gasteiger partial charge in [0.15, 0.2) is 11.6 Å². The highest BCUT2D eigenvalue weighted by molar-refractivity contribution is 5.90. The largest absolute Gasteiger partial charge is 0.494 e. The van der Waals surface area contributed by atoms with Gasteiger partial charge in [0, 0.05) is 19.3 Å². The molecular weight excluding hydrogens is 185 g/mol. The van der Waals surface area contributed by atoms with Crippen molar-refractivity contribution in [2.75, 3.05) is 12.8 Å². The number of hydrogen-bond donors (Lipinski definition) is 1. The molecule has 0 saturated carbocycles. The molecule has 1 aromatic heterocycles. The van der Waals surface area contributed by atoms with E-state index in [2.05, 4.69) is 5.10 Å². The number of ether oxygens (including phenoxy) is 1. The summed E-state index contributed by atoms with van der Waals surface area (Å²) >= 11 is 0. The van der Waals surface area contributed by atoms with Crippen LogP contribution in [0.5, 0.6) is 5.75 Å². The quantitative estimate of drug-likeness (QED) is 0.698. The van der Waals surface area contributed by atoms with Crippen molar-refractivity contribution in [1.29, 1.82) is 0 Å². The molecule has 2 aromatic rings. The maximum absolute atomic E-state index is 13.4. The Balaban J connectivity index is 2.89. The average Bonchev–Trinajstić information content (AvgIpc) is 2.48. The summed E-state index contributed by atoms with van der Waals surface area (Å²) in [6, 6.07) is 1.22. The van der Waals surface area contributed by atoms with Crippen LogP contribution in [0, 0.1) is 5.82 Å². The predicted octanol–water partition coefficient (Wildman–Crippen LogP) is 1.30. The lowest BCUT2D eigenvalue weighted by atomic mass is 10.2. The van der Waals surface area contributed by atoms with Crippen LogP contribution in [0.25, 0.3) is 10.9 Å². The van der Waals surface area contributed by atoms with Crippen molar-refractivity contribution < 1.29 is 9.13 Å². The molecule has 1 heterocycles. The van der Waals surface area contributed by atoms with Gasteiger partial charge in [0.1, 0.15) is 5.52 Å². The summed E-state index contributed by atoms with van der Waals surface area (Å²) in [5.41, 5.74) is 6.16. The first-order valence-corrected chi connectivity index (χ1v) is 4.09. The summed E-state index contributed by atoms with van der Waals surface area (Å²) in [6.07, 6.45) is 1.67. The molecule has 0 unspecified atom stereocenters. The molecule has 0 aliphatic heterocycles. The molecule has 0 spiro atoms. The fraction of sp³-hybridized carbons (Fsp3) is 0.222. The van der Waals surface area contributed by atoms with Crippen LogP contribution in [0.1, 0.15) is 0 Å². The van der Waals surface area contributed by atoms with E-state index >= 15 is 0 Å². The van der Waals surface area contributed by atoms with E-state index in [0.717, 1.165) is 0 Å². The molecule has 74 valence electrons. The van der Waals surface area contributed by atoms with Crippen LogP contribution < -0.4 is 10.5 Å². The van der Waals surface area contributed by atoms with E-state index in [1.165, 1.54) is 17.9 Å². The average molecular weight is 195 g/mol.